The first kappa shape index (κ1) is 16.3. The van der Waals surface area contributed by atoms with Gasteiger partial charge in [-0.3, -0.25) is 4.90 Å². The Morgan fingerprint density at radius 1 is 1.38 bits per heavy atom. The van der Waals surface area contributed by atoms with Crippen LogP contribution in [0.1, 0.15) is 39.3 Å². The summed E-state index contributed by atoms with van der Waals surface area (Å²) in [5.74, 6) is 0.900. The fourth-order valence-corrected chi connectivity index (χ4v) is 3.44. The smallest absolute Gasteiger partial charge is 0.123 e. The third kappa shape index (κ3) is 3.76. The lowest BCUT2D eigenvalue weighted by atomic mass is 9.94. The minimum absolute atomic E-state index is 0.0161. The predicted molar refractivity (Wildman–Crippen MR) is 85.6 cm³/mol. The third-order valence-corrected chi connectivity index (χ3v) is 3.94. The summed E-state index contributed by atoms with van der Waals surface area (Å²) in [6, 6.07) is 8.29. The van der Waals surface area contributed by atoms with Crippen molar-refractivity contribution in [3.63, 3.8) is 0 Å². The van der Waals surface area contributed by atoms with Crippen LogP contribution in [-0.2, 0) is 4.74 Å². The van der Waals surface area contributed by atoms with Crippen LogP contribution in [-0.4, -0.2) is 42.8 Å². The predicted octanol–water partition coefficient (Wildman–Crippen LogP) is 2.58. The van der Waals surface area contributed by atoms with E-state index in [0.717, 1.165) is 24.4 Å². The van der Waals surface area contributed by atoms with Crippen LogP contribution in [0.25, 0.3) is 0 Å². The van der Waals surface area contributed by atoms with Crippen molar-refractivity contribution in [1.82, 2.24) is 4.90 Å². The highest BCUT2D eigenvalue weighted by atomic mass is 16.5. The number of methoxy groups -OCH3 is 1. The van der Waals surface area contributed by atoms with Gasteiger partial charge in [0.2, 0.25) is 0 Å². The largest absolute Gasteiger partial charge is 0.496 e. The highest BCUT2D eigenvalue weighted by Crippen LogP contribution is 2.34. The number of para-hydroxylation sites is 1. The normalized spacial score (nSPS) is 25.3. The first-order chi connectivity index (χ1) is 9.84. The van der Waals surface area contributed by atoms with E-state index in [9.17, 15) is 0 Å². The molecule has 0 spiro atoms. The van der Waals surface area contributed by atoms with Crippen LogP contribution in [0.15, 0.2) is 24.3 Å². The molecule has 0 aliphatic carbocycles. The number of hydrogen-bond acceptors (Lipinski definition) is 4. The van der Waals surface area contributed by atoms with Gasteiger partial charge in [0.15, 0.2) is 0 Å². The van der Waals surface area contributed by atoms with Gasteiger partial charge in [0.1, 0.15) is 5.75 Å². The number of hydrogen-bond donors (Lipinski definition) is 1. The van der Waals surface area contributed by atoms with E-state index >= 15 is 0 Å². The first-order valence-electron chi connectivity index (χ1n) is 7.64. The van der Waals surface area contributed by atoms with Crippen molar-refractivity contribution in [3.05, 3.63) is 29.8 Å². The van der Waals surface area contributed by atoms with Crippen molar-refractivity contribution >= 4 is 0 Å². The lowest BCUT2D eigenvalue weighted by molar-refractivity contribution is -0.140. The van der Waals surface area contributed by atoms with Crippen molar-refractivity contribution in [1.29, 1.82) is 0 Å². The molecule has 1 heterocycles. The molecule has 1 aliphatic rings. The molecule has 1 fully saturated rings. The molecule has 2 rings (SSSR count). The summed E-state index contributed by atoms with van der Waals surface area (Å²) in [5, 5.41) is 0. The van der Waals surface area contributed by atoms with E-state index in [2.05, 4.69) is 38.7 Å². The maximum absolute atomic E-state index is 6.32. The monoisotopic (exact) mass is 292 g/mol. The van der Waals surface area contributed by atoms with Gasteiger partial charge in [0.05, 0.1) is 24.9 Å². The molecule has 0 saturated carbocycles. The molecule has 118 valence electrons. The van der Waals surface area contributed by atoms with Gasteiger partial charge in [-0.1, -0.05) is 18.2 Å². The molecule has 2 N–H and O–H groups in total. The summed E-state index contributed by atoms with van der Waals surface area (Å²) < 4.78 is 11.5. The number of nitrogens with two attached hydrogens (primary N) is 1. The number of nitrogens with zero attached hydrogens (tertiary/aromatic N) is 1. The second kappa shape index (κ2) is 6.34. The van der Waals surface area contributed by atoms with E-state index < -0.39 is 0 Å². The van der Waals surface area contributed by atoms with Crippen molar-refractivity contribution in [3.8, 4) is 5.75 Å². The van der Waals surface area contributed by atoms with Crippen molar-refractivity contribution in [2.24, 2.45) is 5.73 Å². The summed E-state index contributed by atoms with van der Waals surface area (Å²) in [6.07, 6.45) is 0.199. The maximum atomic E-state index is 6.32. The number of morpholine rings is 1. The fraction of sp³-hybridized carbons (Fsp3) is 0.647. The van der Waals surface area contributed by atoms with E-state index in [4.69, 9.17) is 15.2 Å². The van der Waals surface area contributed by atoms with Crippen LogP contribution < -0.4 is 10.5 Å². The Kier molecular flexibility index (Phi) is 4.91. The lowest BCUT2D eigenvalue weighted by Crippen LogP contribution is -2.55. The molecule has 0 amide bonds. The number of ether oxygens (including phenoxy) is 2. The van der Waals surface area contributed by atoms with Gasteiger partial charge in [0.25, 0.3) is 0 Å². The SMILES string of the molecule is COc1ccccc1C(C(C)N)N1CC(C)OC(C)(C)C1. The summed E-state index contributed by atoms with van der Waals surface area (Å²) in [5.41, 5.74) is 7.31. The standard InChI is InChI=1S/C17H28N2O2/c1-12-10-19(11-17(3,4)21-12)16(13(2)18)14-8-6-7-9-15(14)20-5/h6-9,12-13,16H,10-11,18H2,1-5H3. The highest BCUT2D eigenvalue weighted by Gasteiger charge is 2.37. The van der Waals surface area contributed by atoms with Crippen LogP contribution >= 0.6 is 0 Å². The van der Waals surface area contributed by atoms with E-state index in [-0.39, 0.29) is 23.8 Å². The van der Waals surface area contributed by atoms with E-state index in [1.54, 1.807) is 7.11 Å². The van der Waals surface area contributed by atoms with Crippen LogP contribution in [0.5, 0.6) is 5.75 Å². The summed E-state index contributed by atoms with van der Waals surface area (Å²) in [4.78, 5) is 2.43. The molecule has 0 bridgehead atoms. The lowest BCUT2D eigenvalue weighted by Gasteiger charge is -2.46. The van der Waals surface area contributed by atoms with Crippen molar-refractivity contribution in [2.45, 2.75) is 51.5 Å². The second-order valence-corrected chi connectivity index (χ2v) is 6.66. The molecule has 0 radical (unpaired) electrons. The molecular formula is C17H28N2O2. The van der Waals surface area contributed by atoms with Crippen molar-refractivity contribution < 1.29 is 9.47 Å². The molecule has 0 aromatic heterocycles. The Labute approximate surface area is 128 Å². The molecular weight excluding hydrogens is 264 g/mol. The average molecular weight is 292 g/mol. The van der Waals surface area contributed by atoms with Gasteiger partial charge < -0.3 is 15.2 Å². The van der Waals surface area contributed by atoms with Gasteiger partial charge in [-0.2, -0.15) is 0 Å². The average Bonchev–Trinajstić information content (AvgIpc) is 2.36. The quantitative estimate of drug-likeness (QED) is 0.926. The second-order valence-electron chi connectivity index (χ2n) is 6.66. The van der Waals surface area contributed by atoms with Crippen LogP contribution in [0.3, 0.4) is 0 Å². The van der Waals surface area contributed by atoms with Crippen LogP contribution in [0, 0.1) is 0 Å². The van der Waals surface area contributed by atoms with E-state index in [1.165, 1.54) is 0 Å². The summed E-state index contributed by atoms with van der Waals surface area (Å²) >= 11 is 0. The molecule has 1 saturated heterocycles. The van der Waals surface area contributed by atoms with Gasteiger partial charge in [-0.05, 0) is 33.8 Å². The van der Waals surface area contributed by atoms with Crippen LogP contribution in [0.2, 0.25) is 0 Å². The number of rotatable bonds is 4. The van der Waals surface area contributed by atoms with Gasteiger partial charge in [0, 0.05) is 24.7 Å². The Morgan fingerprint density at radius 3 is 2.62 bits per heavy atom. The Morgan fingerprint density at radius 2 is 2.05 bits per heavy atom. The Balaban J connectivity index is 2.35. The molecule has 1 aromatic rings. The Hall–Kier alpha value is -1.10. The molecule has 4 heteroatoms. The zero-order valence-electron chi connectivity index (χ0n) is 13.8. The maximum Gasteiger partial charge on any atom is 0.123 e. The third-order valence-electron chi connectivity index (χ3n) is 3.94. The summed E-state index contributed by atoms with van der Waals surface area (Å²) in [6.45, 7) is 10.2. The Bertz CT molecular complexity index is 474. The summed E-state index contributed by atoms with van der Waals surface area (Å²) in [7, 11) is 1.71. The minimum Gasteiger partial charge on any atom is -0.496 e. The number of benzene rings is 1. The minimum atomic E-state index is -0.160. The highest BCUT2D eigenvalue weighted by molar-refractivity contribution is 5.37. The molecule has 1 aliphatic heterocycles. The first-order valence-corrected chi connectivity index (χ1v) is 7.64. The zero-order chi connectivity index (χ0) is 15.6. The van der Waals surface area contributed by atoms with E-state index in [0.29, 0.717) is 0 Å². The van der Waals surface area contributed by atoms with Crippen LogP contribution in [0.4, 0.5) is 0 Å². The fourth-order valence-electron chi connectivity index (χ4n) is 3.44. The topological polar surface area (TPSA) is 47.7 Å². The zero-order valence-corrected chi connectivity index (χ0v) is 13.8. The molecule has 4 nitrogen and oxygen atoms in total. The van der Waals surface area contributed by atoms with Gasteiger partial charge >= 0.3 is 0 Å². The van der Waals surface area contributed by atoms with E-state index in [1.807, 2.05) is 18.2 Å². The molecule has 1 aromatic carbocycles. The van der Waals surface area contributed by atoms with Gasteiger partial charge in [-0.15, -0.1) is 0 Å². The molecule has 3 unspecified atom stereocenters. The molecule has 21 heavy (non-hydrogen) atoms. The molecule has 3 atom stereocenters. The van der Waals surface area contributed by atoms with Gasteiger partial charge in [-0.25, -0.2) is 0 Å². The van der Waals surface area contributed by atoms with Crippen molar-refractivity contribution in [2.75, 3.05) is 20.2 Å².